The third-order valence-electron chi connectivity index (χ3n) is 7.58. The Morgan fingerprint density at radius 3 is 1.42 bits per heavy atom. The van der Waals surface area contributed by atoms with Gasteiger partial charge in [-0.05, 0) is 50.4 Å². The summed E-state index contributed by atoms with van der Waals surface area (Å²) in [4.78, 5) is 0. The Hall–Kier alpha value is 0.190. The van der Waals surface area contributed by atoms with Gasteiger partial charge in [0.1, 0.15) is 0 Å². The molecular weight excluding hydrogens is 415 g/mol. The van der Waals surface area contributed by atoms with Gasteiger partial charge in [-0.3, -0.25) is 0 Å². The van der Waals surface area contributed by atoms with E-state index in [2.05, 4.69) is 0 Å². The molecule has 31 heavy (non-hydrogen) atoms. The molecular formula is C24H47O6P. The molecule has 0 aliphatic heterocycles. The van der Waals surface area contributed by atoms with Crippen LogP contribution in [0.3, 0.4) is 0 Å². The Kier molecular flexibility index (Phi) is 13.4. The molecule has 6 nitrogen and oxygen atoms in total. The van der Waals surface area contributed by atoms with Crippen molar-refractivity contribution in [2.45, 2.75) is 88.3 Å². The highest BCUT2D eigenvalue weighted by Crippen LogP contribution is 2.50. The fourth-order valence-electron chi connectivity index (χ4n) is 5.66. The average Bonchev–Trinajstić information content (AvgIpc) is 2.80. The Morgan fingerprint density at radius 1 is 0.613 bits per heavy atom. The molecule has 2 fully saturated rings. The first-order chi connectivity index (χ1) is 15.2. The third-order valence-corrected chi connectivity index (χ3v) is 8.56. The Morgan fingerprint density at radius 2 is 1.03 bits per heavy atom. The van der Waals surface area contributed by atoms with Crippen molar-refractivity contribution in [3.63, 3.8) is 0 Å². The van der Waals surface area contributed by atoms with E-state index in [9.17, 15) is 0 Å². The van der Waals surface area contributed by atoms with Crippen molar-refractivity contribution >= 4 is 9.03 Å². The Balaban J connectivity index is 2.09. The molecule has 2 aliphatic carbocycles. The smallest absolute Gasteiger partial charge is 0.156 e. The molecule has 0 aromatic carbocycles. The fraction of sp³-hybridized carbons (Fsp3) is 1.00. The maximum Gasteiger partial charge on any atom is 0.156 e. The Labute approximate surface area is 192 Å². The van der Waals surface area contributed by atoms with Gasteiger partial charge in [0.2, 0.25) is 0 Å². The van der Waals surface area contributed by atoms with Crippen molar-refractivity contribution in [1.29, 1.82) is 0 Å². The SMILES string of the molecule is COCCC1CCCCC1(CCOC)OPOC1(CCOC)CCCCC1CCOC. The van der Waals surface area contributed by atoms with Crippen LogP contribution in [0.1, 0.15) is 77.0 Å². The summed E-state index contributed by atoms with van der Waals surface area (Å²) in [5.41, 5.74) is -0.325. The van der Waals surface area contributed by atoms with Gasteiger partial charge in [-0.15, -0.1) is 0 Å². The minimum Gasteiger partial charge on any atom is -0.385 e. The Bertz CT molecular complexity index is 427. The minimum atomic E-state index is -0.162. The van der Waals surface area contributed by atoms with E-state index in [1.807, 2.05) is 0 Å². The summed E-state index contributed by atoms with van der Waals surface area (Å²) in [6, 6.07) is 0. The predicted octanol–water partition coefficient (Wildman–Crippen LogP) is 5.53. The van der Waals surface area contributed by atoms with Crippen LogP contribution in [0.25, 0.3) is 0 Å². The normalized spacial score (nSPS) is 32.1. The van der Waals surface area contributed by atoms with E-state index < -0.39 is 0 Å². The zero-order chi connectivity index (χ0) is 22.4. The molecule has 2 aliphatic rings. The molecule has 4 unspecified atom stereocenters. The van der Waals surface area contributed by atoms with Gasteiger partial charge in [0.15, 0.2) is 9.03 Å². The minimum absolute atomic E-state index is 0.0480. The highest BCUT2D eigenvalue weighted by atomic mass is 31.1. The van der Waals surface area contributed by atoms with Crippen LogP contribution in [0.2, 0.25) is 0 Å². The van der Waals surface area contributed by atoms with Crippen molar-refractivity contribution < 1.29 is 28.0 Å². The van der Waals surface area contributed by atoms with Crippen molar-refractivity contribution in [1.82, 2.24) is 0 Å². The topological polar surface area (TPSA) is 55.4 Å². The monoisotopic (exact) mass is 462 g/mol. The first kappa shape index (κ1) is 27.4. The summed E-state index contributed by atoms with van der Waals surface area (Å²) in [7, 11) is 7.18. The van der Waals surface area contributed by atoms with Crippen molar-refractivity contribution in [3.8, 4) is 0 Å². The van der Waals surface area contributed by atoms with Crippen LogP contribution < -0.4 is 0 Å². The molecule has 0 heterocycles. The van der Waals surface area contributed by atoms with E-state index in [-0.39, 0.29) is 20.2 Å². The van der Waals surface area contributed by atoms with Crippen molar-refractivity contribution in [3.05, 3.63) is 0 Å². The first-order valence-corrected chi connectivity index (χ1v) is 13.0. The maximum absolute atomic E-state index is 6.74. The summed E-state index contributed by atoms with van der Waals surface area (Å²) in [6.07, 6.45) is 13.4. The largest absolute Gasteiger partial charge is 0.385 e. The second-order valence-electron chi connectivity index (χ2n) is 9.35. The standard InChI is InChI=1S/C24H47O6P/c1-25-17-11-21-9-5-7-13-23(21,15-19-27-3)29-31-30-24(16-20-28-4)14-8-6-10-22(24)12-18-26-2/h21-22,31H,5-20H2,1-4H3. The van der Waals surface area contributed by atoms with E-state index in [1.54, 1.807) is 28.4 Å². The molecule has 0 amide bonds. The second kappa shape index (κ2) is 15.2. The second-order valence-corrected chi connectivity index (χ2v) is 9.93. The summed E-state index contributed by atoms with van der Waals surface area (Å²) in [5, 5.41) is 0. The lowest BCUT2D eigenvalue weighted by Crippen LogP contribution is -2.45. The molecule has 0 aromatic rings. The zero-order valence-corrected chi connectivity index (χ0v) is 21.4. The predicted molar refractivity (Wildman–Crippen MR) is 126 cm³/mol. The van der Waals surface area contributed by atoms with E-state index in [0.717, 1.165) is 65.0 Å². The van der Waals surface area contributed by atoms with Gasteiger partial charge >= 0.3 is 0 Å². The lowest BCUT2D eigenvalue weighted by molar-refractivity contribution is -0.0824. The molecule has 4 atom stereocenters. The van der Waals surface area contributed by atoms with Crippen LogP contribution >= 0.6 is 9.03 Å². The summed E-state index contributed by atoms with van der Waals surface area (Å²) in [6.45, 7) is 3.01. The number of ether oxygens (including phenoxy) is 4. The molecule has 7 heteroatoms. The highest BCUT2D eigenvalue weighted by Gasteiger charge is 2.44. The number of hydrogen-bond acceptors (Lipinski definition) is 6. The molecule has 0 saturated heterocycles. The van der Waals surface area contributed by atoms with E-state index in [4.69, 9.17) is 28.0 Å². The van der Waals surface area contributed by atoms with E-state index in [0.29, 0.717) is 11.8 Å². The molecule has 0 N–H and O–H groups in total. The highest BCUT2D eigenvalue weighted by molar-refractivity contribution is 7.26. The summed E-state index contributed by atoms with van der Waals surface area (Å²) in [5.74, 6) is 0.996. The number of rotatable bonds is 16. The van der Waals surface area contributed by atoms with Gasteiger partial charge in [0, 0.05) is 67.7 Å². The van der Waals surface area contributed by atoms with Gasteiger partial charge in [-0.25, -0.2) is 0 Å². The van der Waals surface area contributed by atoms with Gasteiger partial charge in [-0.2, -0.15) is 0 Å². The van der Waals surface area contributed by atoms with E-state index >= 15 is 0 Å². The molecule has 0 spiro atoms. The lowest BCUT2D eigenvalue weighted by Gasteiger charge is -2.47. The fourth-order valence-corrected chi connectivity index (χ4v) is 6.78. The van der Waals surface area contributed by atoms with Crippen LogP contribution in [0.4, 0.5) is 0 Å². The van der Waals surface area contributed by atoms with Gasteiger partial charge < -0.3 is 28.0 Å². The van der Waals surface area contributed by atoms with Gasteiger partial charge in [0.05, 0.1) is 11.2 Å². The molecule has 2 rings (SSSR count). The molecule has 0 aromatic heterocycles. The van der Waals surface area contributed by atoms with Crippen LogP contribution in [0.15, 0.2) is 0 Å². The quantitative estimate of drug-likeness (QED) is 0.281. The molecule has 184 valence electrons. The number of methoxy groups -OCH3 is 4. The molecule has 0 bridgehead atoms. The number of hydrogen-bond donors (Lipinski definition) is 0. The molecule has 2 saturated carbocycles. The lowest BCUT2D eigenvalue weighted by atomic mass is 9.72. The average molecular weight is 463 g/mol. The van der Waals surface area contributed by atoms with Crippen LogP contribution in [-0.2, 0) is 28.0 Å². The molecule has 0 radical (unpaired) electrons. The van der Waals surface area contributed by atoms with Crippen molar-refractivity contribution in [2.24, 2.45) is 11.8 Å². The zero-order valence-electron chi connectivity index (χ0n) is 20.4. The van der Waals surface area contributed by atoms with Crippen LogP contribution in [-0.4, -0.2) is 66.1 Å². The summed E-state index contributed by atoms with van der Waals surface area (Å²) >= 11 is 0. The maximum atomic E-state index is 6.74. The van der Waals surface area contributed by atoms with E-state index in [1.165, 1.54) is 38.5 Å². The summed E-state index contributed by atoms with van der Waals surface area (Å²) < 4.78 is 35.3. The van der Waals surface area contributed by atoms with Gasteiger partial charge in [0.25, 0.3) is 0 Å². The van der Waals surface area contributed by atoms with Crippen LogP contribution in [0, 0.1) is 11.8 Å². The van der Waals surface area contributed by atoms with Gasteiger partial charge in [-0.1, -0.05) is 25.7 Å². The third kappa shape index (κ3) is 8.17. The van der Waals surface area contributed by atoms with Crippen LogP contribution in [0.5, 0.6) is 0 Å². The first-order valence-electron chi connectivity index (χ1n) is 12.2. The van der Waals surface area contributed by atoms with Crippen molar-refractivity contribution in [2.75, 3.05) is 54.9 Å².